The largest absolute Gasteiger partial charge is 0.436 e. The molecule has 0 spiro atoms. The Morgan fingerprint density at radius 2 is 1.41 bits per heavy atom. The fourth-order valence-electron chi connectivity index (χ4n) is 0.993. The van der Waals surface area contributed by atoms with Crippen LogP contribution in [0.1, 0.15) is 13.8 Å². The van der Waals surface area contributed by atoms with Crippen LogP contribution in [0.3, 0.4) is 0 Å². The van der Waals surface area contributed by atoms with Gasteiger partial charge in [-0.1, -0.05) is 0 Å². The maximum absolute atomic E-state index is 13.5. The summed E-state index contributed by atoms with van der Waals surface area (Å²) >= 11 is 0. The molecule has 0 radical (unpaired) electrons. The van der Waals surface area contributed by atoms with Gasteiger partial charge in [-0.25, -0.2) is 4.39 Å². The van der Waals surface area contributed by atoms with E-state index in [1.165, 1.54) is 0 Å². The monoisotopic (exact) mass is 270 g/mol. The highest BCUT2D eigenvalue weighted by molar-refractivity contribution is 4.98. The number of aliphatic hydroxyl groups is 1. The summed E-state index contributed by atoms with van der Waals surface area (Å²) in [4.78, 5) is 0. The SMILES string of the molecule is COC(O)C(F)(C(F)(F)F)C(F)(F)OC(C)C. The molecule has 0 aromatic rings. The maximum Gasteiger partial charge on any atom is 0.436 e. The van der Waals surface area contributed by atoms with Crippen molar-refractivity contribution in [3.8, 4) is 0 Å². The van der Waals surface area contributed by atoms with E-state index in [0.29, 0.717) is 7.11 Å². The molecule has 0 saturated carbocycles. The smallest absolute Gasteiger partial charge is 0.365 e. The summed E-state index contributed by atoms with van der Waals surface area (Å²) in [5.41, 5.74) is -5.35. The van der Waals surface area contributed by atoms with Crippen LogP contribution in [0.15, 0.2) is 0 Å². The summed E-state index contributed by atoms with van der Waals surface area (Å²) in [5.74, 6) is 0. The lowest BCUT2D eigenvalue weighted by molar-refractivity contribution is -0.429. The summed E-state index contributed by atoms with van der Waals surface area (Å²) in [6.07, 6.45) is -16.1. The predicted octanol–water partition coefficient (Wildman–Crippen LogP) is 2.24. The zero-order valence-electron chi connectivity index (χ0n) is 9.19. The van der Waals surface area contributed by atoms with Crippen molar-refractivity contribution in [2.24, 2.45) is 0 Å². The van der Waals surface area contributed by atoms with Crippen molar-refractivity contribution >= 4 is 0 Å². The van der Waals surface area contributed by atoms with Gasteiger partial charge in [-0.15, -0.1) is 0 Å². The van der Waals surface area contributed by atoms with Gasteiger partial charge in [-0.05, 0) is 13.8 Å². The molecule has 0 saturated heterocycles. The van der Waals surface area contributed by atoms with Crippen molar-refractivity contribution in [2.75, 3.05) is 7.11 Å². The third kappa shape index (κ3) is 3.02. The zero-order chi connectivity index (χ0) is 14.1. The normalized spacial score (nSPS) is 19.2. The van der Waals surface area contributed by atoms with Crippen molar-refractivity contribution in [1.29, 1.82) is 0 Å². The van der Waals surface area contributed by atoms with Crippen molar-refractivity contribution < 1.29 is 40.9 Å². The number of hydrogen-bond donors (Lipinski definition) is 1. The summed E-state index contributed by atoms with van der Waals surface area (Å²) in [7, 11) is 0.455. The van der Waals surface area contributed by atoms with E-state index in [4.69, 9.17) is 5.11 Å². The van der Waals surface area contributed by atoms with Crippen LogP contribution in [0.2, 0.25) is 0 Å². The fourth-order valence-corrected chi connectivity index (χ4v) is 0.993. The first kappa shape index (κ1) is 16.5. The first-order chi connectivity index (χ1) is 7.40. The Kier molecular flexibility index (Phi) is 4.83. The van der Waals surface area contributed by atoms with Gasteiger partial charge in [-0.2, -0.15) is 22.0 Å². The molecule has 3 nitrogen and oxygen atoms in total. The van der Waals surface area contributed by atoms with Crippen LogP contribution in [-0.2, 0) is 9.47 Å². The lowest BCUT2D eigenvalue weighted by atomic mass is 10.0. The molecule has 0 rings (SSSR count). The molecule has 0 fully saturated rings. The van der Waals surface area contributed by atoms with E-state index in [1.54, 1.807) is 0 Å². The van der Waals surface area contributed by atoms with Crippen molar-refractivity contribution in [3.05, 3.63) is 0 Å². The molecule has 0 aliphatic rings. The van der Waals surface area contributed by atoms with Gasteiger partial charge in [0.25, 0.3) is 0 Å². The molecule has 0 bridgehead atoms. The van der Waals surface area contributed by atoms with Gasteiger partial charge >= 0.3 is 18.0 Å². The maximum atomic E-state index is 13.5. The first-order valence-electron chi connectivity index (χ1n) is 4.42. The molecule has 9 heteroatoms. The lowest BCUT2D eigenvalue weighted by Crippen LogP contribution is -2.64. The van der Waals surface area contributed by atoms with E-state index in [1.807, 2.05) is 0 Å². The summed E-state index contributed by atoms with van der Waals surface area (Å²) < 4.78 is 83.8. The van der Waals surface area contributed by atoms with Crippen molar-refractivity contribution in [2.45, 2.75) is 44.2 Å². The van der Waals surface area contributed by atoms with Crippen LogP contribution in [0, 0.1) is 0 Å². The van der Waals surface area contributed by atoms with E-state index in [-0.39, 0.29) is 0 Å². The van der Waals surface area contributed by atoms with E-state index >= 15 is 0 Å². The predicted molar refractivity (Wildman–Crippen MR) is 44.1 cm³/mol. The van der Waals surface area contributed by atoms with Gasteiger partial charge < -0.3 is 14.6 Å². The molecule has 0 heterocycles. The lowest BCUT2D eigenvalue weighted by Gasteiger charge is -2.37. The minimum Gasteiger partial charge on any atom is -0.365 e. The van der Waals surface area contributed by atoms with Gasteiger partial charge in [-0.3, -0.25) is 0 Å². The van der Waals surface area contributed by atoms with Crippen LogP contribution in [0.25, 0.3) is 0 Å². The Labute approximate surface area is 93.3 Å². The number of rotatable bonds is 5. The van der Waals surface area contributed by atoms with Crippen LogP contribution >= 0.6 is 0 Å². The molecule has 17 heavy (non-hydrogen) atoms. The standard InChI is InChI=1S/C8H12F6O3/c1-4(2)17-8(13,14)6(9,5(15)16-3)7(10,11)12/h4-5,15H,1-3H3. The molecular weight excluding hydrogens is 258 g/mol. The molecule has 0 aliphatic carbocycles. The molecule has 2 unspecified atom stereocenters. The number of aliphatic hydroxyl groups excluding tert-OH is 1. The van der Waals surface area contributed by atoms with Gasteiger partial charge in [0.1, 0.15) is 0 Å². The number of hydrogen-bond acceptors (Lipinski definition) is 3. The Morgan fingerprint density at radius 1 is 1.00 bits per heavy atom. The number of halogens is 6. The molecule has 1 N–H and O–H groups in total. The second-order valence-corrected chi connectivity index (χ2v) is 3.48. The summed E-state index contributed by atoms with van der Waals surface area (Å²) in [5, 5.41) is 8.68. The van der Waals surface area contributed by atoms with Gasteiger partial charge in [0.15, 0.2) is 0 Å². The minimum atomic E-state index is -6.07. The molecule has 104 valence electrons. The Bertz CT molecular complexity index is 254. The number of ether oxygens (including phenoxy) is 2. The molecule has 2 atom stereocenters. The van der Waals surface area contributed by atoms with E-state index in [9.17, 15) is 26.3 Å². The highest BCUT2D eigenvalue weighted by Gasteiger charge is 2.77. The van der Waals surface area contributed by atoms with Crippen LogP contribution in [0.5, 0.6) is 0 Å². The quantitative estimate of drug-likeness (QED) is 0.615. The molecule has 0 aliphatic heterocycles. The average Bonchev–Trinajstić information content (AvgIpc) is 2.11. The summed E-state index contributed by atoms with van der Waals surface area (Å²) in [6, 6.07) is 0. The molecular formula is C8H12F6O3. The number of methoxy groups -OCH3 is 1. The second-order valence-electron chi connectivity index (χ2n) is 3.48. The van der Waals surface area contributed by atoms with Crippen LogP contribution in [-0.4, -0.2) is 42.6 Å². The van der Waals surface area contributed by atoms with Crippen molar-refractivity contribution in [3.63, 3.8) is 0 Å². The second kappa shape index (κ2) is 4.99. The van der Waals surface area contributed by atoms with E-state index in [0.717, 1.165) is 13.8 Å². The molecule has 0 aromatic carbocycles. The molecule has 0 aromatic heterocycles. The highest BCUT2D eigenvalue weighted by atomic mass is 19.4. The van der Waals surface area contributed by atoms with Gasteiger partial charge in [0.05, 0.1) is 6.10 Å². The summed E-state index contributed by atoms with van der Waals surface area (Å²) in [6.45, 7) is 1.98. The Balaban J connectivity index is 5.47. The van der Waals surface area contributed by atoms with E-state index in [2.05, 4.69) is 9.47 Å². The third-order valence-corrected chi connectivity index (χ3v) is 1.78. The topological polar surface area (TPSA) is 38.7 Å². The number of alkyl halides is 6. The first-order valence-corrected chi connectivity index (χ1v) is 4.42. The van der Waals surface area contributed by atoms with Crippen molar-refractivity contribution in [1.82, 2.24) is 0 Å². The van der Waals surface area contributed by atoms with Gasteiger partial charge in [0, 0.05) is 7.11 Å². The fraction of sp³-hybridized carbons (Fsp3) is 1.00. The highest BCUT2D eigenvalue weighted by Crippen LogP contribution is 2.48. The minimum absolute atomic E-state index is 0.455. The average molecular weight is 270 g/mol. The van der Waals surface area contributed by atoms with Crippen LogP contribution in [0.4, 0.5) is 26.3 Å². The molecule has 0 amide bonds. The third-order valence-electron chi connectivity index (χ3n) is 1.78. The zero-order valence-corrected chi connectivity index (χ0v) is 9.19. The van der Waals surface area contributed by atoms with Gasteiger partial charge in [0.2, 0.25) is 6.29 Å². The Hall–Kier alpha value is -0.540. The van der Waals surface area contributed by atoms with Crippen LogP contribution < -0.4 is 0 Å². The van der Waals surface area contributed by atoms with E-state index < -0.39 is 30.3 Å². The Morgan fingerprint density at radius 3 is 1.65 bits per heavy atom.